The van der Waals surface area contributed by atoms with Crippen molar-refractivity contribution in [2.75, 3.05) is 39.6 Å². The van der Waals surface area contributed by atoms with E-state index in [4.69, 9.17) is 32.3 Å². The SMILES string of the molecule is CC/C=C\C/C=C\C/C=C\C/C=C\C/C=C\C/C=C\CCCCCCC(=O)OCC(COP(=O)(O)OCC(O)COP(=O)(O)OCC(O)COC(=O)CCCCCCCCCCC/C=C\C/C=C\C/C=C\C/C=C\CCCCC)OC(=O)CCCCCCC/C=C\C/C=C\C/C=C\C/C=C\CCCCC. The Hall–Kier alpha value is -5.09. The predicted octanol–water partition coefficient (Wildman–Crippen LogP) is 24.0. The summed E-state index contributed by atoms with van der Waals surface area (Å²) < 4.78 is 61.2. The van der Waals surface area contributed by atoms with E-state index < -0.39 is 91.5 Å². The van der Waals surface area contributed by atoms with Crippen LogP contribution in [0, 0.1) is 0 Å². The number of esters is 3. The van der Waals surface area contributed by atoms with Gasteiger partial charge in [0.05, 0.1) is 26.4 Å². The Kier molecular flexibility index (Phi) is 74.7. The number of aliphatic hydroxyl groups excluding tert-OH is 2. The zero-order valence-electron chi connectivity index (χ0n) is 65.3. The van der Waals surface area contributed by atoms with E-state index in [9.17, 15) is 43.5 Å². The summed E-state index contributed by atoms with van der Waals surface area (Å²) in [5.41, 5.74) is 0. The molecule has 0 aliphatic rings. The number of aliphatic hydroxyl groups is 2. The van der Waals surface area contributed by atoms with E-state index in [2.05, 4.69) is 191 Å². The van der Waals surface area contributed by atoms with Gasteiger partial charge in [-0.25, -0.2) is 9.13 Å². The molecular formula is C87H144O16P2. The Bertz CT molecular complexity index is 2590. The van der Waals surface area contributed by atoms with Crippen LogP contribution in [-0.4, -0.2) is 95.9 Å². The number of ether oxygens (including phenoxy) is 3. The normalized spacial score (nSPS) is 14.8. The molecule has 0 aromatic heterocycles. The minimum atomic E-state index is -4.95. The van der Waals surface area contributed by atoms with Gasteiger partial charge in [0, 0.05) is 19.3 Å². The lowest BCUT2D eigenvalue weighted by atomic mass is 10.1. The van der Waals surface area contributed by atoms with Gasteiger partial charge in [0.15, 0.2) is 6.10 Å². The first-order chi connectivity index (χ1) is 51.2. The third-order valence-electron chi connectivity index (χ3n) is 16.4. The Morgan fingerprint density at radius 1 is 0.276 bits per heavy atom. The molecule has 0 bridgehead atoms. The molecule has 0 aromatic carbocycles. The van der Waals surface area contributed by atoms with Gasteiger partial charge in [-0.2, -0.15) is 0 Å². The van der Waals surface area contributed by atoms with E-state index in [1.165, 1.54) is 70.6 Å². The minimum Gasteiger partial charge on any atom is -0.463 e. The van der Waals surface area contributed by atoms with Crippen LogP contribution in [0.5, 0.6) is 0 Å². The molecule has 5 atom stereocenters. The average Bonchev–Trinajstić information content (AvgIpc) is 0.917. The lowest BCUT2D eigenvalue weighted by Gasteiger charge is -2.21. The molecule has 105 heavy (non-hydrogen) atoms. The van der Waals surface area contributed by atoms with E-state index in [-0.39, 0.29) is 19.3 Å². The topological polar surface area (TPSA) is 231 Å². The number of rotatable bonds is 75. The van der Waals surface area contributed by atoms with E-state index >= 15 is 0 Å². The van der Waals surface area contributed by atoms with E-state index in [1.807, 2.05) is 0 Å². The average molecular weight is 1510 g/mol. The summed E-state index contributed by atoms with van der Waals surface area (Å²) in [4.78, 5) is 58.8. The molecular weight excluding hydrogens is 1360 g/mol. The largest absolute Gasteiger partial charge is 0.472 e. The molecule has 18 heteroatoms. The Morgan fingerprint density at radius 2 is 0.505 bits per heavy atom. The van der Waals surface area contributed by atoms with Gasteiger partial charge in [-0.3, -0.25) is 32.5 Å². The van der Waals surface area contributed by atoms with Gasteiger partial charge in [-0.05, 0) is 161 Å². The molecule has 0 aliphatic carbocycles. The molecule has 16 nitrogen and oxygen atoms in total. The fourth-order valence-electron chi connectivity index (χ4n) is 10.2. The number of unbranched alkanes of at least 4 members (excludes halogenated alkanes) is 24. The lowest BCUT2D eigenvalue weighted by Crippen LogP contribution is -2.30. The van der Waals surface area contributed by atoms with Crippen LogP contribution >= 0.6 is 15.6 Å². The monoisotopic (exact) mass is 1510 g/mol. The quantitative estimate of drug-likeness (QED) is 0.0146. The van der Waals surface area contributed by atoms with Crippen molar-refractivity contribution in [3.8, 4) is 0 Å². The van der Waals surface area contributed by atoms with Crippen molar-refractivity contribution >= 4 is 33.6 Å². The summed E-state index contributed by atoms with van der Waals surface area (Å²) in [5.74, 6) is -1.64. The molecule has 0 spiro atoms. The summed E-state index contributed by atoms with van der Waals surface area (Å²) in [7, 11) is -9.82. The number of carbonyl (C=O) groups excluding carboxylic acids is 3. The molecule has 0 saturated heterocycles. The van der Waals surface area contributed by atoms with Crippen molar-refractivity contribution in [2.24, 2.45) is 0 Å². The van der Waals surface area contributed by atoms with Gasteiger partial charge in [0.1, 0.15) is 25.4 Å². The predicted molar refractivity (Wildman–Crippen MR) is 435 cm³/mol. The van der Waals surface area contributed by atoms with Crippen LogP contribution in [-0.2, 0) is 55.8 Å². The number of hydrogen-bond acceptors (Lipinski definition) is 14. The molecule has 0 fully saturated rings. The van der Waals surface area contributed by atoms with Crippen molar-refractivity contribution in [3.05, 3.63) is 170 Å². The van der Waals surface area contributed by atoms with E-state index in [0.29, 0.717) is 19.3 Å². The van der Waals surface area contributed by atoms with Crippen molar-refractivity contribution in [1.82, 2.24) is 0 Å². The van der Waals surface area contributed by atoms with Crippen LogP contribution in [0.25, 0.3) is 0 Å². The van der Waals surface area contributed by atoms with Crippen LogP contribution in [0.1, 0.15) is 303 Å². The van der Waals surface area contributed by atoms with Crippen molar-refractivity contribution in [1.29, 1.82) is 0 Å². The maximum Gasteiger partial charge on any atom is 0.472 e. The van der Waals surface area contributed by atoms with Crippen molar-refractivity contribution in [3.63, 3.8) is 0 Å². The third-order valence-corrected chi connectivity index (χ3v) is 18.3. The summed E-state index contributed by atoms with van der Waals surface area (Å²) >= 11 is 0. The highest BCUT2D eigenvalue weighted by Gasteiger charge is 2.29. The van der Waals surface area contributed by atoms with Crippen molar-refractivity contribution < 1.29 is 75.8 Å². The molecule has 0 heterocycles. The first-order valence-corrected chi connectivity index (χ1v) is 43.4. The van der Waals surface area contributed by atoms with Crippen LogP contribution < -0.4 is 0 Å². The molecule has 0 radical (unpaired) electrons. The zero-order valence-corrected chi connectivity index (χ0v) is 67.1. The number of carbonyl (C=O) groups is 3. The summed E-state index contributed by atoms with van der Waals surface area (Å²) in [5, 5.41) is 20.7. The first-order valence-electron chi connectivity index (χ1n) is 40.4. The van der Waals surface area contributed by atoms with Crippen LogP contribution in [0.15, 0.2) is 170 Å². The number of hydrogen-bond donors (Lipinski definition) is 4. The van der Waals surface area contributed by atoms with Gasteiger partial charge < -0.3 is 34.2 Å². The maximum absolute atomic E-state index is 13.0. The second-order valence-electron chi connectivity index (χ2n) is 26.5. The Labute approximate surface area is 637 Å². The molecule has 4 N–H and O–H groups in total. The van der Waals surface area contributed by atoms with Crippen LogP contribution in [0.2, 0.25) is 0 Å². The molecule has 0 saturated carbocycles. The number of phosphoric ester groups is 2. The number of phosphoric acid groups is 2. The molecule has 0 amide bonds. The maximum atomic E-state index is 13.0. The van der Waals surface area contributed by atoms with Crippen LogP contribution in [0.4, 0.5) is 0 Å². The second-order valence-corrected chi connectivity index (χ2v) is 29.4. The molecule has 598 valence electrons. The molecule has 0 aromatic rings. The first kappa shape index (κ1) is 99.9. The van der Waals surface area contributed by atoms with Gasteiger partial charge in [-0.15, -0.1) is 0 Å². The number of allylic oxidation sites excluding steroid dienone is 28. The highest BCUT2D eigenvalue weighted by molar-refractivity contribution is 7.47. The van der Waals surface area contributed by atoms with E-state index in [0.717, 1.165) is 173 Å². The molecule has 0 aliphatic heterocycles. The standard InChI is InChI=1S/C87H144O16P2/c1-4-7-10-13-16-19-22-25-28-31-34-37-39-40-42-45-46-49-52-55-58-61-64-67-70-73-85(90)97-76-82(88)77-99-104(93,94)100-78-83(89)79-101-105(95,96)102-81-84(103-87(92)75-72-69-66-63-60-57-54-51-48-43-36-33-30-27-24-21-18-15-12-9-6-3)80-98-86(91)74-71-68-65-62-59-56-53-50-47-44-41-38-35-32-29-26-23-20-17-14-11-8-5-2/h8,11,16-21,25-30,34-38,40,42-44,47,51,53-54,56,82-84,88-89H,4-7,9-10,12-15,22-24,31-33,39,41,45-46,48-50,52,55,57-81H2,1-3H3,(H,93,94)(H,95,96)/b11-8-,19-16-,20-17-,21-18-,28-25-,29-26-,30-27-,37-34-,38-35-,42-40-,43-36-,47-44-,54-51-,56-53-. The zero-order chi connectivity index (χ0) is 76.6. The summed E-state index contributed by atoms with van der Waals surface area (Å²) in [6.45, 7) is 2.45. The van der Waals surface area contributed by atoms with E-state index in [1.54, 1.807) is 0 Å². The van der Waals surface area contributed by atoms with Gasteiger partial charge in [0.2, 0.25) is 0 Å². The fraction of sp³-hybridized carbons (Fsp3) is 0.644. The van der Waals surface area contributed by atoms with Crippen LogP contribution in [0.3, 0.4) is 0 Å². The smallest absolute Gasteiger partial charge is 0.463 e. The highest BCUT2D eigenvalue weighted by Crippen LogP contribution is 2.45. The Morgan fingerprint density at radius 3 is 0.800 bits per heavy atom. The minimum absolute atomic E-state index is 0.0705. The lowest BCUT2D eigenvalue weighted by molar-refractivity contribution is -0.161. The van der Waals surface area contributed by atoms with Crippen molar-refractivity contribution in [2.45, 2.75) is 322 Å². The molecule has 0 rings (SSSR count). The fourth-order valence-corrected chi connectivity index (χ4v) is 11.8. The van der Waals surface area contributed by atoms with Gasteiger partial charge in [-0.1, -0.05) is 294 Å². The van der Waals surface area contributed by atoms with Gasteiger partial charge >= 0.3 is 33.6 Å². The second kappa shape index (κ2) is 78.5. The Balaban J connectivity index is 4.75. The summed E-state index contributed by atoms with van der Waals surface area (Å²) in [6.07, 6.45) is 99.5. The molecule has 5 unspecified atom stereocenters. The summed E-state index contributed by atoms with van der Waals surface area (Å²) in [6, 6.07) is 0. The third kappa shape index (κ3) is 79.8. The highest BCUT2D eigenvalue weighted by atomic mass is 31.2. The van der Waals surface area contributed by atoms with Gasteiger partial charge in [0.25, 0.3) is 0 Å².